The van der Waals surface area contributed by atoms with Gasteiger partial charge in [0.15, 0.2) is 0 Å². The van der Waals surface area contributed by atoms with Crippen molar-refractivity contribution in [3.05, 3.63) is 16.3 Å². The van der Waals surface area contributed by atoms with E-state index in [-0.39, 0.29) is 10.6 Å². The molecular weight excluding hydrogens is 154 g/mol. The number of aromatic hydroxyl groups is 1. The third kappa shape index (κ3) is 1.09. The summed E-state index contributed by atoms with van der Waals surface area (Å²) in [5.41, 5.74) is 1.42. The summed E-state index contributed by atoms with van der Waals surface area (Å²) in [4.78, 5) is 10.7. The van der Waals surface area contributed by atoms with Crippen LogP contribution in [0.25, 0.3) is 0 Å². The molecule has 0 bridgehead atoms. The van der Waals surface area contributed by atoms with Crippen LogP contribution in [0.1, 0.15) is 9.67 Å². The first-order valence-electron chi connectivity index (χ1n) is 2.46. The fraction of sp³-hybridized carbons (Fsp3) is 0. The molecule has 1 aromatic rings. The van der Waals surface area contributed by atoms with E-state index in [0.717, 1.165) is 11.3 Å². The van der Waals surface area contributed by atoms with Crippen LogP contribution in [0.5, 0.6) is 5.75 Å². The first-order valence-corrected chi connectivity index (χ1v) is 3.34. The van der Waals surface area contributed by atoms with Gasteiger partial charge in [-0.1, -0.05) is 0 Å². The molecule has 10 heavy (non-hydrogen) atoms. The van der Waals surface area contributed by atoms with Gasteiger partial charge in [0.25, 0.3) is 5.91 Å². The van der Waals surface area contributed by atoms with Crippen LogP contribution in [0.3, 0.4) is 0 Å². The number of hydrogen-bond acceptors (Lipinski definition) is 4. The molecule has 0 saturated heterocycles. The molecular formula is C5H5NO3S. The number of amides is 1. The number of nitrogens with one attached hydrogen (secondary N) is 1. The van der Waals surface area contributed by atoms with E-state index < -0.39 is 5.91 Å². The van der Waals surface area contributed by atoms with Crippen molar-refractivity contribution < 1.29 is 15.1 Å². The van der Waals surface area contributed by atoms with E-state index in [4.69, 9.17) is 10.3 Å². The summed E-state index contributed by atoms with van der Waals surface area (Å²) in [6.07, 6.45) is 0. The van der Waals surface area contributed by atoms with Crippen LogP contribution in [-0.2, 0) is 0 Å². The van der Waals surface area contributed by atoms with Crippen LogP contribution >= 0.6 is 11.3 Å². The summed E-state index contributed by atoms with van der Waals surface area (Å²) < 4.78 is 0. The van der Waals surface area contributed by atoms with Crippen LogP contribution in [-0.4, -0.2) is 16.2 Å². The van der Waals surface area contributed by atoms with Gasteiger partial charge in [-0.15, -0.1) is 11.3 Å². The molecule has 0 saturated carbocycles. The van der Waals surface area contributed by atoms with Crippen molar-refractivity contribution in [1.82, 2.24) is 5.48 Å². The zero-order valence-electron chi connectivity index (χ0n) is 4.87. The van der Waals surface area contributed by atoms with Gasteiger partial charge in [-0.25, -0.2) is 5.48 Å². The number of carbonyl (C=O) groups is 1. The Hall–Kier alpha value is -1.07. The molecule has 5 heteroatoms. The number of rotatable bonds is 1. The van der Waals surface area contributed by atoms with E-state index in [1.807, 2.05) is 0 Å². The molecule has 0 aliphatic rings. The van der Waals surface area contributed by atoms with Gasteiger partial charge in [0.05, 0.1) is 0 Å². The second kappa shape index (κ2) is 2.68. The Kier molecular flexibility index (Phi) is 1.88. The van der Waals surface area contributed by atoms with E-state index in [0.29, 0.717) is 0 Å². The average molecular weight is 159 g/mol. The van der Waals surface area contributed by atoms with Gasteiger partial charge >= 0.3 is 0 Å². The molecule has 0 fully saturated rings. The molecule has 0 spiro atoms. The number of hydroxylamine groups is 1. The minimum Gasteiger partial charge on any atom is -0.506 e. The molecule has 4 nitrogen and oxygen atoms in total. The van der Waals surface area contributed by atoms with E-state index in [2.05, 4.69) is 0 Å². The van der Waals surface area contributed by atoms with Crippen molar-refractivity contribution in [3.63, 3.8) is 0 Å². The van der Waals surface area contributed by atoms with Crippen LogP contribution < -0.4 is 5.48 Å². The third-order valence-corrected chi connectivity index (χ3v) is 1.85. The highest BCUT2D eigenvalue weighted by Crippen LogP contribution is 2.22. The zero-order valence-corrected chi connectivity index (χ0v) is 5.68. The van der Waals surface area contributed by atoms with Gasteiger partial charge in [-0.05, 0) is 11.4 Å². The van der Waals surface area contributed by atoms with Gasteiger partial charge in [-0.3, -0.25) is 10.0 Å². The van der Waals surface area contributed by atoms with Crippen molar-refractivity contribution in [2.45, 2.75) is 0 Å². The predicted molar refractivity (Wildman–Crippen MR) is 35.2 cm³/mol. The van der Waals surface area contributed by atoms with Crippen LogP contribution in [0, 0.1) is 0 Å². The Morgan fingerprint density at radius 1 is 1.70 bits per heavy atom. The van der Waals surface area contributed by atoms with Crippen LogP contribution in [0.2, 0.25) is 0 Å². The Bertz CT molecular complexity index is 245. The predicted octanol–water partition coefficient (Wildman–Crippen LogP) is 0.573. The maximum absolute atomic E-state index is 10.6. The average Bonchev–Trinajstić information content (AvgIpc) is 2.34. The fourth-order valence-electron chi connectivity index (χ4n) is 0.523. The fourth-order valence-corrected chi connectivity index (χ4v) is 1.20. The molecule has 1 amide bonds. The summed E-state index contributed by atoms with van der Waals surface area (Å²) >= 11 is 1.06. The van der Waals surface area contributed by atoms with Gasteiger partial charge in [0, 0.05) is 0 Å². The van der Waals surface area contributed by atoms with Crippen molar-refractivity contribution in [2.75, 3.05) is 0 Å². The van der Waals surface area contributed by atoms with Crippen LogP contribution in [0.4, 0.5) is 0 Å². The molecule has 0 aliphatic carbocycles. The summed E-state index contributed by atoms with van der Waals surface area (Å²) in [6, 6.07) is 1.38. The minimum absolute atomic E-state index is 0.113. The number of hydrogen-bond donors (Lipinski definition) is 3. The summed E-state index contributed by atoms with van der Waals surface area (Å²) in [7, 11) is 0. The molecule has 0 atom stereocenters. The summed E-state index contributed by atoms with van der Waals surface area (Å²) in [6.45, 7) is 0. The smallest absolute Gasteiger partial charge is 0.288 e. The van der Waals surface area contributed by atoms with Gasteiger partial charge in [0.2, 0.25) is 0 Å². The van der Waals surface area contributed by atoms with Gasteiger partial charge in [-0.2, -0.15) is 0 Å². The zero-order chi connectivity index (χ0) is 7.56. The first-order chi connectivity index (χ1) is 4.75. The molecule has 1 aromatic heterocycles. The molecule has 54 valence electrons. The first kappa shape index (κ1) is 7.04. The third-order valence-electron chi connectivity index (χ3n) is 0.952. The lowest BCUT2D eigenvalue weighted by Gasteiger charge is -1.92. The van der Waals surface area contributed by atoms with Crippen molar-refractivity contribution in [1.29, 1.82) is 0 Å². The lowest BCUT2D eigenvalue weighted by Crippen LogP contribution is -2.17. The molecule has 1 heterocycles. The highest BCUT2D eigenvalue weighted by Gasteiger charge is 2.10. The monoisotopic (exact) mass is 159 g/mol. The van der Waals surface area contributed by atoms with E-state index in [1.165, 1.54) is 11.5 Å². The minimum atomic E-state index is -0.688. The van der Waals surface area contributed by atoms with Crippen molar-refractivity contribution in [3.8, 4) is 5.75 Å². The lowest BCUT2D eigenvalue weighted by atomic mass is 10.4. The second-order valence-corrected chi connectivity index (χ2v) is 2.49. The van der Waals surface area contributed by atoms with E-state index in [1.54, 1.807) is 5.38 Å². The maximum atomic E-state index is 10.6. The van der Waals surface area contributed by atoms with Crippen molar-refractivity contribution in [2.24, 2.45) is 0 Å². The molecule has 0 aromatic carbocycles. The normalized spacial score (nSPS) is 9.30. The van der Waals surface area contributed by atoms with Gasteiger partial charge < -0.3 is 5.11 Å². The standard InChI is InChI=1S/C5H5NO3S/c7-3-1-2-10-4(3)5(8)6-9/h1-2,7,9H,(H,6,8). The summed E-state index contributed by atoms with van der Waals surface area (Å²) in [5.74, 6) is -0.802. The molecule has 1 rings (SSSR count). The Morgan fingerprint density at radius 3 is 2.80 bits per heavy atom. The van der Waals surface area contributed by atoms with Crippen LogP contribution in [0.15, 0.2) is 11.4 Å². The maximum Gasteiger partial charge on any atom is 0.288 e. The number of thiophene rings is 1. The molecule has 3 N–H and O–H groups in total. The molecule has 0 unspecified atom stereocenters. The second-order valence-electron chi connectivity index (χ2n) is 1.58. The molecule has 0 radical (unpaired) electrons. The van der Waals surface area contributed by atoms with Gasteiger partial charge in [0.1, 0.15) is 10.6 Å². The SMILES string of the molecule is O=C(NO)c1sccc1O. The highest BCUT2D eigenvalue weighted by molar-refractivity contribution is 7.12. The molecule has 0 aliphatic heterocycles. The number of carbonyl (C=O) groups excluding carboxylic acids is 1. The highest BCUT2D eigenvalue weighted by atomic mass is 32.1. The quantitative estimate of drug-likeness (QED) is 0.414. The van der Waals surface area contributed by atoms with Crippen molar-refractivity contribution >= 4 is 17.2 Å². The Labute approximate surface area is 60.7 Å². The summed E-state index contributed by atoms with van der Waals surface area (Å²) in [5, 5.41) is 18.6. The topological polar surface area (TPSA) is 69.6 Å². The van der Waals surface area contributed by atoms with E-state index >= 15 is 0 Å². The Morgan fingerprint density at radius 2 is 2.40 bits per heavy atom. The van der Waals surface area contributed by atoms with E-state index in [9.17, 15) is 4.79 Å². The Balaban J connectivity index is 2.93. The largest absolute Gasteiger partial charge is 0.506 e. The lowest BCUT2D eigenvalue weighted by molar-refractivity contribution is 0.0708.